The van der Waals surface area contributed by atoms with Crippen molar-refractivity contribution in [2.45, 2.75) is 90.5 Å². The molecule has 2 fully saturated rings. The Balaban J connectivity index is 2.30. The number of esters is 1. The van der Waals surface area contributed by atoms with Gasteiger partial charge in [-0.05, 0) is 60.3 Å². The zero-order chi connectivity index (χ0) is 22.0. The SMILES string of the molecule is COC(=O)[C@H]1[C@H](CCC2CC2)N(C(=O)OC(C)(C)C)CCN1C(=O)OC(C)(C)C. The first-order valence-electron chi connectivity index (χ1n) is 10.4. The third kappa shape index (κ3) is 6.78. The molecular formula is C21H36N2O6. The quantitative estimate of drug-likeness (QED) is 0.518. The summed E-state index contributed by atoms with van der Waals surface area (Å²) < 4.78 is 16.1. The first-order chi connectivity index (χ1) is 13.3. The third-order valence-electron chi connectivity index (χ3n) is 4.95. The van der Waals surface area contributed by atoms with Crippen LogP contribution in [0.5, 0.6) is 0 Å². The van der Waals surface area contributed by atoms with Crippen LogP contribution in [0.1, 0.15) is 67.2 Å². The van der Waals surface area contributed by atoms with Gasteiger partial charge in [0.25, 0.3) is 0 Å². The Hall–Kier alpha value is -1.99. The number of piperazine rings is 1. The maximum atomic E-state index is 12.9. The summed E-state index contributed by atoms with van der Waals surface area (Å²) in [6.07, 6.45) is 2.77. The predicted octanol–water partition coefficient (Wildman–Crippen LogP) is 3.57. The highest BCUT2D eigenvalue weighted by Crippen LogP contribution is 2.36. The summed E-state index contributed by atoms with van der Waals surface area (Å²) in [5.41, 5.74) is -1.34. The topological polar surface area (TPSA) is 85.4 Å². The summed E-state index contributed by atoms with van der Waals surface area (Å²) in [5, 5.41) is 0. The van der Waals surface area contributed by atoms with Crippen LogP contribution in [0.2, 0.25) is 0 Å². The predicted molar refractivity (Wildman–Crippen MR) is 107 cm³/mol. The van der Waals surface area contributed by atoms with Crippen LogP contribution in [-0.4, -0.2) is 71.4 Å². The molecule has 1 saturated heterocycles. The van der Waals surface area contributed by atoms with E-state index in [2.05, 4.69) is 0 Å². The van der Waals surface area contributed by atoms with Gasteiger partial charge in [0.1, 0.15) is 11.2 Å². The van der Waals surface area contributed by atoms with Gasteiger partial charge in [-0.1, -0.05) is 12.8 Å². The Labute approximate surface area is 173 Å². The molecule has 8 heteroatoms. The molecule has 0 bridgehead atoms. The standard InChI is InChI=1S/C21H36N2O6/c1-20(2,3)28-18(25)22-12-13-23(19(26)29-21(4,5)6)16(17(24)27-7)15(22)11-10-14-8-9-14/h14-16H,8-13H2,1-7H3/t15-,16+/m0/s1. The molecule has 0 aromatic rings. The van der Waals surface area contributed by atoms with Gasteiger partial charge in [-0.2, -0.15) is 0 Å². The van der Waals surface area contributed by atoms with Crippen molar-refractivity contribution in [2.75, 3.05) is 20.2 Å². The average Bonchev–Trinajstić information content (AvgIpc) is 3.39. The van der Waals surface area contributed by atoms with Crippen LogP contribution in [0.15, 0.2) is 0 Å². The summed E-state index contributed by atoms with van der Waals surface area (Å²) in [7, 11) is 1.29. The van der Waals surface area contributed by atoms with E-state index in [-0.39, 0.29) is 13.1 Å². The van der Waals surface area contributed by atoms with E-state index in [0.717, 1.165) is 19.3 Å². The molecule has 8 nitrogen and oxygen atoms in total. The molecule has 1 aliphatic carbocycles. The molecule has 0 spiro atoms. The fraction of sp³-hybridized carbons (Fsp3) is 0.857. The number of amides is 2. The van der Waals surface area contributed by atoms with Crippen molar-refractivity contribution < 1.29 is 28.6 Å². The fourth-order valence-corrected chi connectivity index (χ4v) is 3.50. The molecule has 0 radical (unpaired) electrons. The molecule has 0 unspecified atom stereocenters. The highest BCUT2D eigenvalue weighted by molar-refractivity contribution is 5.84. The van der Waals surface area contributed by atoms with Crippen LogP contribution in [0.25, 0.3) is 0 Å². The molecule has 1 aliphatic heterocycles. The van der Waals surface area contributed by atoms with Crippen LogP contribution in [0, 0.1) is 5.92 Å². The van der Waals surface area contributed by atoms with Gasteiger partial charge in [-0.25, -0.2) is 14.4 Å². The number of methoxy groups -OCH3 is 1. The van der Waals surface area contributed by atoms with Crippen molar-refractivity contribution in [1.82, 2.24) is 9.80 Å². The summed E-state index contributed by atoms with van der Waals surface area (Å²) in [6, 6.07) is -1.44. The van der Waals surface area contributed by atoms with Gasteiger partial charge in [0.2, 0.25) is 0 Å². The molecule has 166 valence electrons. The van der Waals surface area contributed by atoms with Crippen LogP contribution >= 0.6 is 0 Å². The van der Waals surface area contributed by atoms with Gasteiger partial charge >= 0.3 is 18.2 Å². The van der Waals surface area contributed by atoms with Gasteiger partial charge in [0.05, 0.1) is 13.2 Å². The number of hydrogen-bond donors (Lipinski definition) is 0. The lowest BCUT2D eigenvalue weighted by Crippen LogP contribution is -2.66. The number of rotatable bonds is 4. The van der Waals surface area contributed by atoms with Crippen molar-refractivity contribution in [3.63, 3.8) is 0 Å². The van der Waals surface area contributed by atoms with Crippen molar-refractivity contribution in [3.8, 4) is 0 Å². The zero-order valence-electron chi connectivity index (χ0n) is 18.8. The fourth-order valence-electron chi connectivity index (χ4n) is 3.50. The monoisotopic (exact) mass is 412 g/mol. The second kappa shape index (κ2) is 8.79. The minimum atomic E-state index is -0.921. The summed E-state index contributed by atoms with van der Waals surface area (Å²) >= 11 is 0. The van der Waals surface area contributed by atoms with E-state index in [1.165, 1.54) is 12.0 Å². The minimum absolute atomic E-state index is 0.174. The number of hydrogen-bond acceptors (Lipinski definition) is 6. The maximum absolute atomic E-state index is 12.9. The Morgan fingerprint density at radius 2 is 1.31 bits per heavy atom. The highest BCUT2D eigenvalue weighted by atomic mass is 16.6. The van der Waals surface area contributed by atoms with Crippen LogP contribution < -0.4 is 0 Å². The molecule has 0 aromatic carbocycles. The lowest BCUT2D eigenvalue weighted by atomic mass is 9.95. The molecule has 0 N–H and O–H groups in total. The Morgan fingerprint density at radius 3 is 1.76 bits per heavy atom. The van der Waals surface area contributed by atoms with E-state index >= 15 is 0 Å². The minimum Gasteiger partial charge on any atom is -0.467 e. The zero-order valence-corrected chi connectivity index (χ0v) is 18.8. The van der Waals surface area contributed by atoms with Gasteiger partial charge in [-0.3, -0.25) is 4.90 Å². The van der Waals surface area contributed by atoms with Gasteiger partial charge < -0.3 is 19.1 Å². The number of carbonyl (C=O) groups is 3. The van der Waals surface area contributed by atoms with E-state index in [4.69, 9.17) is 14.2 Å². The smallest absolute Gasteiger partial charge is 0.411 e. The Kier molecular flexibility index (Phi) is 7.06. The van der Waals surface area contributed by atoms with Gasteiger partial charge in [-0.15, -0.1) is 0 Å². The second-order valence-corrected chi connectivity index (χ2v) is 9.90. The van der Waals surface area contributed by atoms with E-state index in [9.17, 15) is 14.4 Å². The average molecular weight is 413 g/mol. The van der Waals surface area contributed by atoms with Gasteiger partial charge in [0, 0.05) is 13.1 Å². The lowest BCUT2D eigenvalue weighted by molar-refractivity contribution is -0.152. The van der Waals surface area contributed by atoms with Gasteiger partial charge in [0.15, 0.2) is 6.04 Å². The summed E-state index contributed by atoms with van der Waals surface area (Å²) in [6.45, 7) is 11.2. The van der Waals surface area contributed by atoms with Crippen molar-refractivity contribution >= 4 is 18.2 Å². The third-order valence-corrected chi connectivity index (χ3v) is 4.95. The highest BCUT2D eigenvalue weighted by Gasteiger charge is 2.48. The molecule has 1 heterocycles. The maximum Gasteiger partial charge on any atom is 0.411 e. The normalized spacial score (nSPS) is 22.9. The molecule has 2 rings (SSSR count). The molecule has 0 aromatic heterocycles. The molecule has 29 heavy (non-hydrogen) atoms. The molecular weight excluding hydrogens is 376 g/mol. The van der Waals surface area contributed by atoms with E-state index in [1.807, 2.05) is 0 Å². The van der Waals surface area contributed by atoms with Crippen molar-refractivity contribution in [1.29, 1.82) is 0 Å². The molecule has 2 amide bonds. The van der Waals surface area contributed by atoms with Crippen LogP contribution in [-0.2, 0) is 19.0 Å². The van der Waals surface area contributed by atoms with Crippen LogP contribution in [0.4, 0.5) is 9.59 Å². The molecule has 1 saturated carbocycles. The number of nitrogens with zero attached hydrogens (tertiary/aromatic N) is 2. The van der Waals surface area contributed by atoms with Crippen molar-refractivity contribution in [2.24, 2.45) is 5.92 Å². The number of carbonyl (C=O) groups excluding carboxylic acids is 3. The largest absolute Gasteiger partial charge is 0.467 e. The molecule has 2 atom stereocenters. The molecule has 2 aliphatic rings. The number of ether oxygens (including phenoxy) is 3. The van der Waals surface area contributed by atoms with E-state index < -0.39 is 41.4 Å². The Morgan fingerprint density at radius 1 is 0.828 bits per heavy atom. The van der Waals surface area contributed by atoms with E-state index in [0.29, 0.717) is 12.3 Å². The first kappa shape index (κ1) is 23.3. The first-order valence-corrected chi connectivity index (χ1v) is 10.4. The van der Waals surface area contributed by atoms with E-state index in [1.54, 1.807) is 46.4 Å². The Bertz CT molecular complexity index is 618. The lowest BCUT2D eigenvalue weighted by Gasteiger charge is -2.46. The second-order valence-electron chi connectivity index (χ2n) is 9.90. The summed E-state index contributed by atoms with van der Waals surface area (Å²) in [5.74, 6) is 0.0654. The van der Waals surface area contributed by atoms with Crippen LogP contribution in [0.3, 0.4) is 0 Å². The summed E-state index contributed by atoms with van der Waals surface area (Å²) in [4.78, 5) is 41.4. The van der Waals surface area contributed by atoms with Crippen molar-refractivity contribution in [3.05, 3.63) is 0 Å².